The van der Waals surface area contributed by atoms with E-state index in [2.05, 4.69) is 11.8 Å². The molecule has 0 bridgehead atoms. The summed E-state index contributed by atoms with van der Waals surface area (Å²) in [4.78, 5) is 2.38. The van der Waals surface area contributed by atoms with Crippen molar-refractivity contribution in [1.82, 2.24) is 4.90 Å². The molecule has 2 atom stereocenters. The van der Waals surface area contributed by atoms with Crippen LogP contribution in [0.1, 0.15) is 13.3 Å². The van der Waals surface area contributed by atoms with E-state index in [1.165, 1.54) is 6.42 Å². The van der Waals surface area contributed by atoms with Gasteiger partial charge in [0.1, 0.15) is 0 Å². The first-order valence-corrected chi connectivity index (χ1v) is 6.10. The number of piperidine rings is 1. The average Bonchev–Trinajstić information content (AvgIpc) is 2.23. The SMILES string of the molecule is COCCOCCN1CCC(C)C(Cl)C1. The minimum atomic E-state index is 0.303. The number of rotatable bonds is 6. The van der Waals surface area contributed by atoms with E-state index in [0.29, 0.717) is 24.5 Å². The van der Waals surface area contributed by atoms with Crippen LogP contribution in [0.4, 0.5) is 0 Å². The largest absolute Gasteiger partial charge is 0.382 e. The molecule has 0 aliphatic carbocycles. The molecule has 2 unspecified atom stereocenters. The predicted octanol–water partition coefficient (Wildman–Crippen LogP) is 1.60. The number of methoxy groups -OCH3 is 1. The van der Waals surface area contributed by atoms with Crippen LogP contribution in [0.2, 0.25) is 0 Å². The summed E-state index contributed by atoms with van der Waals surface area (Å²) in [6.07, 6.45) is 1.20. The molecule has 0 amide bonds. The van der Waals surface area contributed by atoms with Crippen molar-refractivity contribution < 1.29 is 9.47 Å². The van der Waals surface area contributed by atoms with Gasteiger partial charge >= 0.3 is 0 Å². The monoisotopic (exact) mass is 235 g/mol. The van der Waals surface area contributed by atoms with Gasteiger partial charge in [-0.25, -0.2) is 0 Å². The van der Waals surface area contributed by atoms with E-state index >= 15 is 0 Å². The molecule has 0 saturated carbocycles. The Balaban J connectivity index is 2.02. The Hall–Kier alpha value is 0.170. The third kappa shape index (κ3) is 5.16. The van der Waals surface area contributed by atoms with Crippen molar-refractivity contribution in [3.63, 3.8) is 0 Å². The number of ether oxygens (including phenoxy) is 2. The second-order valence-electron chi connectivity index (χ2n) is 4.19. The molecule has 1 fully saturated rings. The fourth-order valence-corrected chi connectivity index (χ4v) is 2.05. The lowest BCUT2D eigenvalue weighted by Gasteiger charge is -2.33. The van der Waals surface area contributed by atoms with Gasteiger partial charge in [-0.1, -0.05) is 6.92 Å². The maximum absolute atomic E-state index is 6.22. The van der Waals surface area contributed by atoms with Crippen molar-refractivity contribution in [3.05, 3.63) is 0 Å². The third-order valence-corrected chi connectivity index (χ3v) is 3.50. The highest BCUT2D eigenvalue weighted by atomic mass is 35.5. The molecule has 0 aromatic rings. The van der Waals surface area contributed by atoms with Crippen LogP contribution in [-0.2, 0) is 9.47 Å². The van der Waals surface area contributed by atoms with Crippen LogP contribution in [0.5, 0.6) is 0 Å². The Morgan fingerprint density at radius 3 is 2.80 bits per heavy atom. The van der Waals surface area contributed by atoms with Gasteiger partial charge in [-0.3, -0.25) is 4.90 Å². The second-order valence-corrected chi connectivity index (χ2v) is 4.75. The fraction of sp³-hybridized carbons (Fsp3) is 1.00. The lowest BCUT2D eigenvalue weighted by Crippen LogP contribution is -2.41. The van der Waals surface area contributed by atoms with Crippen LogP contribution in [0.15, 0.2) is 0 Å². The summed E-state index contributed by atoms with van der Waals surface area (Å²) < 4.78 is 10.3. The Labute approximate surface area is 97.7 Å². The Morgan fingerprint density at radius 2 is 2.13 bits per heavy atom. The van der Waals surface area contributed by atoms with Gasteiger partial charge in [0.25, 0.3) is 0 Å². The van der Waals surface area contributed by atoms with E-state index < -0.39 is 0 Å². The van der Waals surface area contributed by atoms with Gasteiger partial charge in [-0.2, -0.15) is 0 Å². The molecule has 0 radical (unpaired) electrons. The van der Waals surface area contributed by atoms with Gasteiger partial charge in [0.15, 0.2) is 0 Å². The molecule has 1 heterocycles. The van der Waals surface area contributed by atoms with Crippen molar-refractivity contribution in [1.29, 1.82) is 0 Å². The normalized spacial score (nSPS) is 28.2. The van der Waals surface area contributed by atoms with Crippen molar-refractivity contribution in [3.8, 4) is 0 Å². The van der Waals surface area contributed by atoms with Gasteiger partial charge < -0.3 is 9.47 Å². The summed E-state index contributed by atoms with van der Waals surface area (Å²) >= 11 is 6.22. The maximum atomic E-state index is 6.22. The first-order chi connectivity index (χ1) is 7.24. The van der Waals surface area contributed by atoms with E-state index in [9.17, 15) is 0 Å². The summed E-state index contributed by atoms with van der Waals surface area (Å²) in [7, 11) is 1.69. The molecular weight excluding hydrogens is 214 g/mol. The Morgan fingerprint density at radius 1 is 1.33 bits per heavy atom. The van der Waals surface area contributed by atoms with Gasteiger partial charge in [0, 0.05) is 25.6 Å². The van der Waals surface area contributed by atoms with E-state index in [0.717, 1.165) is 26.2 Å². The summed E-state index contributed by atoms with van der Waals surface area (Å²) in [6.45, 7) is 7.50. The van der Waals surface area contributed by atoms with Crippen LogP contribution in [-0.4, -0.2) is 56.8 Å². The molecule has 1 rings (SSSR count). The maximum Gasteiger partial charge on any atom is 0.0700 e. The summed E-state index contributed by atoms with van der Waals surface area (Å²) in [6, 6.07) is 0. The standard InChI is InChI=1S/C11H22ClNO2/c1-10-3-4-13(9-11(10)12)5-6-15-8-7-14-2/h10-11H,3-9H2,1-2H3. The smallest absolute Gasteiger partial charge is 0.0700 e. The van der Waals surface area contributed by atoms with Crippen molar-refractivity contribution in [2.75, 3.05) is 46.6 Å². The molecule has 90 valence electrons. The minimum absolute atomic E-state index is 0.303. The van der Waals surface area contributed by atoms with Crippen LogP contribution in [0.25, 0.3) is 0 Å². The molecule has 0 N–H and O–H groups in total. The zero-order chi connectivity index (χ0) is 11.1. The summed E-state index contributed by atoms with van der Waals surface area (Å²) in [5.74, 6) is 0.650. The fourth-order valence-electron chi connectivity index (χ4n) is 1.73. The number of hydrogen-bond donors (Lipinski definition) is 0. The van der Waals surface area contributed by atoms with Crippen LogP contribution in [0.3, 0.4) is 0 Å². The molecular formula is C11H22ClNO2. The van der Waals surface area contributed by atoms with E-state index in [1.807, 2.05) is 0 Å². The molecule has 0 aromatic heterocycles. The third-order valence-electron chi connectivity index (χ3n) is 2.93. The summed E-state index contributed by atoms with van der Waals surface area (Å²) in [5.41, 5.74) is 0. The van der Waals surface area contributed by atoms with Gasteiger partial charge in [0.05, 0.1) is 19.8 Å². The van der Waals surface area contributed by atoms with Crippen LogP contribution in [0, 0.1) is 5.92 Å². The first-order valence-electron chi connectivity index (χ1n) is 5.67. The first kappa shape index (κ1) is 13.2. The molecule has 1 saturated heterocycles. The molecule has 15 heavy (non-hydrogen) atoms. The molecule has 1 aliphatic rings. The summed E-state index contributed by atoms with van der Waals surface area (Å²) in [5, 5.41) is 0.303. The van der Waals surface area contributed by atoms with E-state index in [4.69, 9.17) is 21.1 Å². The second kappa shape index (κ2) is 7.44. The van der Waals surface area contributed by atoms with Crippen molar-refractivity contribution in [2.24, 2.45) is 5.92 Å². The minimum Gasteiger partial charge on any atom is -0.382 e. The van der Waals surface area contributed by atoms with Gasteiger partial charge in [-0.15, -0.1) is 11.6 Å². The Kier molecular flexibility index (Phi) is 6.57. The zero-order valence-electron chi connectivity index (χ0n) is 9.75. The number of halogens is 1. The Bertz CT molecular complexity index is 169. The van der Waals surface area contributed by atoms with Crippen molar-refractivity contribution in [2.45, 2.75) is 18.7 Å². The quantitative estimate of drug-likeness (QED) is 0.516. The average molecular weight is 236 g/mol. The predicted molar refractivity (Wildman–Crippen MR) is 62.6 cm³/mol. The number of nitrogens with zero attached hydrogens (tertiary/aromatic N) is 1. The van der Waals surface area contributed by atoms with Crippen LogP contribution < -0.4 is 0 Å². The lowest BCUT2D eigenvalue weighted by molar-refractivity contribution is 0.0521. The number of hydrogen-bond acceptors (Lipinski definition) is 3. The molecule has 0 aromatic carbocycles. The number of likely N-dealkylation sites (tertiary alicyclic amines) is 1. The highest BCUT2D eigenvalue weighted by molar-refractivity contribution is 6.21. The van der Waals surface area contributed by atoms with E-state index in [1.54, 1.807) is 7.11 Å². The zero-order valence-corrected chi connectivity index (χ0v) is 10.5. The highest BCUT2D eigenvalue weighted by Crippen LogP contribution is 2.21. The number of alkyl halides is 1. The van der Waals surface area contributed by atoms with Gasteiger partial charge in [-0.05, 0) is 18.9 Å². The lowest BCUT2D eigenvalue weighted by atomic mass is 9.99. The molecule has 4 heteroatoms. The van der Waals surface area contributed by atoms with Gasteiger partial charge in [0.2, 0.25) is 0 Å². The highest BCUT2D eigenvalue weighted by Gasteiger charge is 2.23. The molecule has 3 nitrogen and oxygen atoms in total. The molecule has 1 aliphatic heterocycles. The van der Waals surface area contributed by atoms with Crippen LogP contribution >= 0.6 is 11.6 Å². The van der Waals surface area contributed by atoms with Crippen molar-refractivity contribution >= 4 is 11.6 Å². The molecule has 0 spiro atoms. The topological polar surface area (TPSA) is 21.7 Å². The van der Waals surface area contributed by atoms with E-state index in [-0.39, 0.29) is 0 Å².